The zero-order valence-corrected chi connectivity index (χ0v) is 17.3. The number of ether oxygens (including phenoxy) is 1. The van der Waals surface area contributed by atoms with E-state index in [-0.39, 0.29) is 0 Å². The molecule has 0 saturated carbocycles. The van der Waals surface area contributed by atoms with E-state index in [9.17, 15) is 9.59 Å². The summed E-state index contributed by atoms with van der Waals surface area (Å²) in [6, 6.07) is 12.2. The van der Waals surface area contributed by atoms with Crippen LogP contribution >= 0.6 is 11.8 Å². The van der Waals surface area contributed by atoms with Crippen molar-refractivity contribution in [2.75, 3.05) is 7.11 Å². The lowest BCUT2D eigenvalue weighted by molar-refractivity contribution is -0.00372. The smallest absolute Gasteiger partial charge is 0.287 e. The number of rotatable bonds is 3. The predicted molar refractivity (Wildman–Crippen MR) is 107 cm³/mol. The van der Waals surface area contributed by atoms with Crippen LogP contribution in [-0.2, 0) is 0 Å². The summed E-state index contributed by atoms with van der Waals surface area (Å²) in [6.45, 7) is 9.26. The van der Waals surface area contributed by atoms with E-state index >= 15 is 0 Å². The fraction of sp³-hybridized carbons (Fsp3) is 0.333. The number of hydrazine groups is 1. The number of amides is 2. The molecule has 0 fully saturated rings. The average molecular weight is 389 g/mol. The minimum absolute atomic E-state index is 0.378. The molecule has 0 spiro atoms. The van der Waals surface area contributed by atoms with Crippen molar-refractivity contribution in [1.82, 2.24) is 9.54 Å². The van der Waals surface area contributed by atoms with Crippen molar-refractivity contribution in [3.63, 3.8) is 0 Å². The highest BCUT2D eigenvalue weighted by Crippen LogP contribution is 2.25. The van der Waals surface area contributed by atoms with Crippen LogP contribution in [0.4, 0.5) is 0 Å². The molecule has 0 heterocycles. The number of carbonyl (C=O) groups is 2. The minimum atomic E-state index is -0.726. The molecular formula is C21H25ClN2O3. The molecule has 0 aliphatic carbocycles. The minimum Gasteiger partial charge on any atom is -0.497 e. The van der Waals surface area contributed by atoms with Crippen LogP contribution in [0.5, 0.6) is 5.75 Å². The molecule has 0 aliphatic rings. The summed E-state index contributed by atoms with van der Waals surface area (Å²) in [5.74, 6) is -0.305. The lowest BCUT2D eigenvalue weighted by atomic mass is 10.1. The van der Waals surface area contributed by atoms with Gasteiger partial charge in [0.2, 0.25) is 0 Å². The second-order valence-electron chi connectivity index (χ2n) is 7.46. The molecular weight excluding hydrogens is 364 g/mol. The molecule has 2 aromatic carbocycles. The van der Waals surface area contributed by atoms with Crippen molar-refractivity contribution in [3.05, 3.63) is 64.7 Å². The van der Waals surface area contributed by atoms with Crippen LogP contribution in [0.25, 0.3) is 0 Å². The Balaban J connectivity index is 2.43. The van der Waals surface area contributed by atoms with Crippen molar-refractivity contribution >= 4 is 23.6 Å². The third-order valence-electron chi connectivity index (χ3n) is 3.96. The molecule has 0 radical (unpaired) electrons. The van der Waals surface area contributed by atoms with Gasteiger partial charge in [0.25, 0.3) is 11.8 Å². The fourth-order valence-corrected chi connectivity index (χ4v) is 3.21. The standard InChI is InChI=1S/C21H25ClN2O3/c1-14-10-15(2)12-17(11-14)20(26)24(22)23(21(3,4)5)19(25)16-8-7-9-18(13-16)27-6/h7-13H,1-6H3. The van der Waals surface area contributed by atoms with E-state index in [2.05, 4.69) is 0 Å². The highest BCUT2D eigenvalue weighted by Gasteiger charge is 2.35. The van der Waals surface area contributed by atoms with Crippen LogP contribution in [0.1, 0.15) is 52.6 Å². The first-order chi connectivity index (χ1) is 12.5. The lowest BCUT2D eigenvalue weighted by Crippen LogP contribution is -2.54. The number of aryl methyl sites for hydroxylation is 2. The maximum atomic E-state index is 13.2. The van der Waals surface area contributed by atoms with Gasteiger partial charge >= 0.3 is 0 Å². The number of benzene rings is 2. The quantitative estimate of drug-likeness (QED) is 0.562. The normalized spacial score (nSPS) is 11.1. The summed E-state index contributed by atoms with van der Waals surface area (Å²) in [4.78, 5) is 26.1. The molecule has 0 saturated heterocycles. The van der Waals surface area contributed by atoms with Gasteiger partial charge in [0.15, 0.2) is 0 Å². The first kappa shape index (κ1) is 20.8. The fourth-order valence-electron chi connectivity index (χ4n) is 2.82. The second kappa shape index (κ2) is 8.01. The molecule has 6 heteroatoms. The van der Waals surface area contributed by atoms with Crippen molar-refractivity contribution in [3.8, 4) is 5.75 Å². The van der Waals surface area contributed by atoms with Crippen LogP contribution in [-0.4, -0.2) is 34.0 Å². The molecule has 144 valence electrons. The van der Waals surface area contributed by atoms with Gasteiger partial charge in [-0.1, -0.05) is 23.3 Å². The topological polar surface area (TPSA) is 49.9 Å². The molecule has 0 N–H and O–H groups in total. The molecule has 27 heavy (non-hydrogen) atoms. The van der Waals surface area contributed by atoms with Crippen LogP contribution in [0.2, 0.25) is 0 Å². The summed E-state index contributed by atoms with van der Waals surface area (Å²) in [6.07, 6.45) is 0. The Morgan fingerprint density at radius 3 is 2.04 bits per heavy atom. The zero-order valence-electron chi connectivity index (χ0n) is 16.5. The molecule has 2 rings (SSSR count). The largest absolute Gasteiger partial charge is 0.497 e. The van der Waals surface area contributed by atoms with Gasteiger partial charge in [0.05, 0.1) is 12.6 Å². The number of hydrogen-bond acceptors (Lipinski definition) is 3. The highest BCUT2D eigenvalue weighted by atomic mass is 35.5. The number of methoxy groups -OCH3 is 1. The molecule has 2 amide bonds. The summed E-state index contributed by atoms with van der Waals surface area (Å²) >= 11 is 6.40. The summed E-state index contributed by atoms with van der Waals surface area (Å²) in [7, 11) is 1.53. The first-order valence-electron chi connectivity index (χ1n) is 8.61. The van der Waals surface area contributed by atoms with Crippen molar-refractivity contribution in [2.24, 2.45) is 0 Å². The van der Waals surface area contributed by atoms with E-state index < -0.39 is 17.4 Å². The van der Waals surface area contributed by atoms with Gasteiger partial charge in [-0.3, -0.25) is 9.59 Å². The Morgan fingerprint density at radius 2 is 1.52 bits per heavy atom. The number of carbonyl (C=O) groups excluding carboxylic acids is 2. The van der Waals surface area contributed by atoms with Crippen LogP contribution < -0.4 is 4.74 Å². The van der Waals surface area contributed by atoms with Gasteiger partial charge in [0.1, 0.15) is 5.75 Å². The monoisotopic (exact) mass is 388 g/mol. The van der Waals surface area contributed by atoms with Crippen molar-refractivity contribution < 1.29 is 14.3 Å². The van der Waals surface area contributed by atoms with Crippen LogP contribution in [0.3, 0.4) is 0 Å². The van der Waals surface area contributed by atoms with E-state index in [0.29, 0.717) is 16.9 Å². The average Bonchev–Trinajstić information content (AvgIpc) is 2.59. The van der Waals surface area contributed by atoms with Gasteiger partial charge in [-0.25, -0.2) is 5.01 Å². The number of hydrogen-bond donors (Lipinski definition) is 0. The zero-order chi connectivity index (χ0) is 20.4. The molecule has 0 bridgehead atoms. The number of nitrogens with zero attached hydrogens (tertiary/aromatic N) is 2. The van der Waals surface area contributed by atoms with Gasteiger partial charge < -0.3 is 4.74 Å². The SMILES string of the molecule is COc1cccc(C(=O)N(N(Cl)C(=O)c2cc(C)cc(C)c2)C(C)(C)C)c1. The number of halogens is 1. The highest BCUT2D eigenvalue weighted by molar-refractivity contribution is 6.24. The Morgan fingerprint density at radius 1 is 0.926 bits per heavy atom. The second-order valence-corrected chi connectivity index (χ2v) is 7.78. The Kier molecular flexibility index (Phi) is 6.16. The van der Waals surface area contributed by atoms with Gasteiger partial charge in [-0.2, -0.15) is 4.53 Å². The van der Waals surface area contributed by atoms with E-state index in [0.717, 1.165) is 15.7 Å². The predicted octanol–water partition coefficient (Wildman–Crippen LogP) is 4.76. The third-order valence-corrected chi connectivity index (χ3v) is 4.26. The maximum absolute atomic E-state index is 13.2. The van der Waals surface area contributed by atoms with Crippen molar-refractivity contribution in [2.45, 2.75) is 40.2 Å². The molecule has 5 nitrogen and oxygen atoms in total. The maximum Gasteiger partial charge on any atom is 0.287 e. The van der Waals surface area contributed by atoms with Gasteiger partial charge in [-0.15, -0.1) is 0 Å². The Labute approximate surface area is 165 Å². The van der Waals surface area contributed by atoms with Crippen molar-refractivity contribution in [1.29, 1.82) is 0 Å². The van der Waals surface area contributed by atoms with E-state index in [1.165, 1.54) is 12.1 Å². The molecule has 0 aromatic heterocycles. The summed E-state index contributed by atoms with van der Waals surface area (Å²) < 4.78 is 6.06. The first-order valence-corrected chi connectivity index (χ1v) is 8.95. The van der Waals surface area contributed by atoms with Crippen LogP contribution in [0.15, 0.2) is 42.5 Å². The lowest BCUT2D eigenvalue weighted by Gasteiger charge is -2.39. The van der Waals surface area contributed by atoms with E-state index in [1.807, 2.05) is 40.7 Å². The summed E-state index contributed by atoms with van der Waals surface area (Å²) in [5, 5.41) is 1.25. The summed E-state index contributed by atoms with van der Waals surface area (Å²) in [5.41, 5.74) is 1.98. The van der Waals surface area contributed by atoms with E-state index in [1.54, 1.807) is 36.4 Å². The van der Waals surface area contributed by atoms with E-state index in [4.69, 9.17) is 16.5 Å². The van der Waals surface area contributed by atoms with Crippen LogP contribution in [0, 0.1) is 13.8 Å². The Bertz CT molecular complexity index is 838. The van der Waals surface area contributed by atoms with Gasteiger partial charge in [0, 0.05) is 22.9 Å². The van der Waals surface area contributed by atoms with Gasteiger partial charge in [-0.05, 0) is 65.0 Å². The molecule has 0 unspecified atom stereocenters. The molecule has 0 atom stereocenters. The molecule has 0 aliphatic heterocycles. The molecule has 2 aromatic rings. The third kappa shape index (κ3) is 4.80. The Hall–Kier alpha value is -2.53.